The van der Waals surface area contributed by atoms with E-state index in [0.717, 1.165) is 31.7 Å². The number of methoxy groups -OCH3 is 1. The predicted octanol–water partition coefficient (Wildman–Crippen LogP) is 3.43. The van der Waals surface area contributed by atoms with Crippen molar-refractivity contribution in [3.63, 3.8) is 0 Å². The summed E-state index contributed by atoms with van der Waals surface area (Å²) in [4.78, 5) is 0. The molecule has 1 heterocycles. The van der Waals surface area contributed by atoms with E-state index in [0.29, 0.717) is 16.7 Å². The van der Waals surface area contributed by atoms with Gasteiger partial charge in [-0.1, -0.05) is 24.6 Å². The van der Waals surface area contributed by atoms with Gasteiger partial charge < -0.3 is 14.8 Å². The van der Waals surface area contributed by atoms with E-state index in [4.69, 9.17) is 21.1 Å². The molecule has 1 saturated heterocycles. The second-order valence-electron chi connectivity index (χ2n) is 4.90. The van der Waals surface area contributed by atoms with Gasteiger partial charge in [-0.25, -0.2) is 0 Å². The molecule has 0 spiro atoms. The fourth-order valence-electron chi connectivity index (χ4n) is 2.61. The van der Waals surface area contributed by atoms with Gasteiger partial charge in [-0.3, -0.25) is 0 Å². The van der Waals surface area contributed by atoms with Crippen molar-refractivity contribution < 1.29 is 9.47 Å². The molecule has 1 aliphatic heterocycles. The van der Waals surface area contributed by atoms with Crippen molar-refractivity contribution in [1.82, 2.24) is 5.32 Å². The predicted molar refractivity (Wildman–Crippen MR) is 78.0 cm³/mol. The van der Waals surface area contributed by atoms with Crippen LogP contribution in [-0.2, 0) is 4.74 Å². The maximum absolute atomic E-state index is 6.20. The molecular weight excluding hydrogens is 262 g/mol. The van der Waals surface area contributed by atoms with Gasteiger partial charge in [0.05, 0.1) is 18.2 Å². The minimum atomic E-state index is 0.135. The molecule has 19 heavy (non-hydrogen) atoms. The maximum Gasteiger partial charge on any atom is 0.137 e. The Morgan fingerprint density at radius 2 is 2.32 bits per heavy atom. The van der Waals surface area contributed by atoms with E-state index < -0.39 is 0 Å². The second-order valence-corrected chi connectivity index (χ2v) is 5.30. The minimum Gasteiger partial charge on any atom is -0.495 e. The lowest BCUT2D eigenvalue weighted by molar-refractivity contribution is -0.0276. The molecule has 0 amide bonds. The standard InChI is InChI=1S/C15H22ClNO2/c1-3-17-10-12-5-4-8-19-15(12)11-6-7-14(18-2)13(16)9-11/h6-7,9,12,15,17H,3-5,8,10H2,1-2H3. The van der Waals surface area contributed by atoms with Crippen LogP contribution < -0.4 is 10.1 Å². The molecule has 1 fully saturated rings. The van der Waals surface area contributed by atoms with Crippen molar-refractivity contribution in [1.29, 1.82) is 0 Å². The van der Waals surface area contributed by atoms with Gasteiger partial charge in [0, 0.05) is 19.1 Å². The molecule has 3 nitrogen and oxygen atoms in total. The molecule has 0 bridgehead atoms. The van der Waals surface area contributed by atoms with Crippen LogP contribution in [0.5, 0.6) is 5.75 Å². The van der Waals surface area contributed by atoms with Crippen LogP contribution in [0.4, 0.5) is 0 Å². The molecule has 4 heteroatoms. The largest absolute Gasteiger partial charge is 0.495 e. The Hall–Kier alpha value is -0.770. The molecule has 1 aliphatic rings. The van der Waals surface area contributed by atoms with Crippen LogP contribution in [0.1, 0.15) is 31.4 Å². The van der Waals surface area contributed by atoms with Gasteiger partial charge in [0.2, 0.25) is 0 Å². The average molecular weight is 284 g/mol. The van der Waals surface area contributed by atoms with Crippen molar-refractivity contribution in [2.45, 2.75) is 25.9 Å². The van der Waals surface area contributed by atoms with Crippen LogP contribution in [0.3, 0.4) is 0 Å². The van der Waals surface area contributed by atoms with Gasteiger partial charge in [-0.2, -0.15) is 0 Å². The first-order valence-electron chi connectivity index (χ1n) is 6.92. The molecule has 1 aromatic carbocycles. The summed E-state index contributed by atoms with van der Waals surface area (Å²) in [5.41, 5.74) is 1.15. The number of rotatable bonds is 5. The van der Waals surface area contributed by atoms with Gasteiger partial charge >= 0.3 is 0 Å². The van der Waals surface area contributed by atoms with Crippen LogP contribution in [0.2, 0.25) is 5.02 Å². The van der Waals surface area contributed by atoms with Crippen molar-refractivity contribution in [2.75, 3.05) is 26.8 Å². The number of halogens is 1. The zero-order chi connectivity index (χ0) is 13.7. The molecule has 0 aliphatic carbocycles. The first kappa shape index (κ1) is 14.6. The monoisotopic (exact) mass is 283 g/mol. The van der Waals surface area contributed by atoms with E-state index in [1.165, 1.54) is 6.42 Å². The Kier molecular flexibility index (Phi) is 5.49. The number of benzene rings is 1. The van der Waals surface area contributed by atoms with E-state index >= 15 is 0 Å². The van der Waals surface area contributed by atoms with E-state index in [2.05, 4.69) is 18.3 Å². The average Bonchev–Trinajstić information content (AvgIpc) is 2.45. The number of hydrogen-bond donors (Lipinski definition) is 1. The van der Waals surface area contributed by atoms with E-state index in [9.17, 15) is 0 Å². The van der Waals surface area contributed by atoms with Gasteiger partial charge in [0.1, 0.15) is 5.75 Å². The highest BCUT2D eigenvalue weighted by Gasteiger charge is 2.27. The quantitative estimate of drug-likeness (QED) is 0.898. The fraction of sp³-hybridized carbons (Fsp3) is 0.600. The van der Waals surface area contributed by atoms with Crippen molar-refractivity contribution in [2.24, 2.45) is 5.92 Å². The zero-order valence-electron chi connectivity index (χ0n) is 11.6. The molecule has 0 aromatic heterocycles. The normalized spacial score (nSPS) is 23.3. The molecule has 106 valence electrons. The molecule has 0 saturated carbocycles. The molecule has 0 radical (unpaired) electrons. The molecular formula is C15H22ClNO2. The summed E-state index contributed by atoms with van der Waals surface area (Å²) in [6, 6.07) is 5.94. The highest BCUT2D eigenvalue weighted by Crippen LogP contribution is 2.36. The minimum absolute atomic E-state index is 0.135. The lowest BCUT2D eigenvalue weighted by Gasteiger charge is -2.32. The lowest BCUT2D eigenvalue weighted by atomic mass is 9.89. The first-order chi connectivity index (χ1) is 9.26. The van der Waals surface area contributed by atoms with E-state index in [1.54, 1.807) is 7.11 Å². The van der Waals surface area contributed by atoms with Crippen LogP contribution >= 0.6 is 11.6 Å². The lowest BCUT2D eigenvalue weighted by Crippen LogP contribution is -2.31. The summed E-state index contributed by atoms with van der Waals surface area (Å²) in [5, 5.41) is 4.07. The smallest absolute Gasteiger partial charge is 0.137 e. The van der Waals surface area contributed by atoms with Crippen LogP contribution in [-0.4, -0.2) is 26.8 Å². The second kappa shape index (κ2) is 7.13. The summed E-state index contributed by atoms with van der Waals surface area (Å²) in [6.45, 7) is 4.94. The SMILES string of the molecule is CCNCC1CCCOC1c1ccc(OC)c(Cl)c1. The van der Waals surface area contributed by atoms with Crippen LogP contribution in [0.15, 0.2) is 18.2 Å². The topological polar surface area (TPSA) is 30.5 Å². The van der Waals surface area contributed by atoms with E-state index in [-0.39, 0.29) is 6.10 Å². The Morgan fingerprint density at radius 1 is 1.47 bits per heavy atom. The summed E-state index contributed by atoms with van der Waals surface area (Å²) in [6.07, 6.45) is 2.47. The van der Waals surface area contributed by atoms with Gasteiger partial charge in [-0.15, -0.1) is 0 Å². The van der Waals surface area contributed by atoms with Gasteiger partial charge in [-0.05, 0) is 37.1 Å². The van der Waals surface area contributed by atoms with Crippen molar-refractivity contribution >= 4 is 11.6 Å². The molecule has 2 atom stereocenters. The summed E-state index contributed by atoms with van der Waals surface area (Å²) >= 11 is 6.20. The Labute approximate surface area is 120 Å². The van der Waals surface area contributed by atoms with Crippen LogP contribution in [0, 0.1) is 5.92 Å². The zero-order valence-corrected chi connectivity index (χ0v) is 12.4. The Balaban J connectivity index is 2.14. The third kappa shape index (κ3) is 3.62. The van der Waals surface area contributed by atoms with Crippen molar-refractivity contribution in [3.8, 4) is 5.75 Å². The van der Waals surface area contributed by atoms with Gasteiger partial charge in [0.15, 0.2) is 0 Å². The fourth-order valence-corrected chi connectivity index (χ4v) is 2.88. The molecule has 1 aromatic rings. The highest BCUT2D eigenvalue weighted by atomic mass is 35.5. The summed E-state index contributed by atoms with van der Waals surface area (Å²) in [5.74, 6) is 1.22. The van der Waals surface area contributed by atoms with Crippen molar-refractivity contribution in [3.05, 3.63) is 28.8 Å². The molecule has 2 rings (SSSR count). The third-order valence-electron chi connectivity index (χ3n) is 3.61. The van der Waals surface area contributed by atoms with Crippen LogP contribution in [0.25, 0.3) is 0 Å². The maximum atomic E-state index is 6.20. The first-order valence-corrected chi connectivity index (χ1v) is 7.29. The van der Waals surface area contributed by atoms with E-state index in [1.807, 2.05) is 12.1 Å². The summed E-state index contributed by atoms with van der Waals surface area (Å²) in [7, 11) is 1.63. The number of nitrogens with one attached hydrogen (secondary N) is 1. The highest BCUT2D eigenvalue weighted by molar-refractivity contribution is 6.32. The third-order valence-corrected chi connectivity index (χ3v) is 3.90. The molecule has 1 N–H and O–H groups in total. The number of hydrogen-bond acceptors (Lipinski definition) is 3. The Morgan fingerprint density at radius 3 is 3.00 bits per heavy atom. The van der Waals surface area contributed by atoms with Gasteiger partial charge in [0.25, 0.3) is 0 Å². The Bertz CT molecular complexity index is 411. The molecule has 2 unspecified atom stereocenters. The number of ether oxygens (including phenoxy) is 2. The summed E-state index contributed by atoms with van der Waals surface area (Å²) < 4.78 is 11.2.